The molecule has 0 aliphatic heterocycles. The van der Waals surface area contributed by atoms with Crippen molar-refractivity contribution in [1.82, 2.24) is 0 Å². The fraction of sp³-hybridized carbons (Fsp3) is 0.688. The third-order valence-electron chi connectivity index (χ3n) is 9.87. The highest BCUT2D eigenvalue weighted by Gasteiger charge is 2.55. The van der Waals surface area contributed by atoms with Crippen LogP contribution in [0.3, 0.4) is 0 Å². The zero-order chi connectivity index (χ0) is 26.8. The first-order valence-electron chi connectivity index (χ1n) is 14.5. The molecule has 6 atom stereocenters. The van der Waals surface area contributed by atoms with Crippen molar-refractivity contribution in [3.05, 3.63) is 47.6 Å². The average Bonchev–Trinajstić information content (AvgIpc) is 3.60. The number of hydrogen-bond acceptors (Lipinski definition) is 5. The number of unbranched alkanes of at least 4 members (excludes halogenated alkanes) is 1. The zero-order valence-electron chi connectivity index (χ0n) is 23.0. The van der Waals surface area contributed by atoms with Crippen LogP contribution in [0.25, 0.3) is 0 Å². The van der Waals surface area contributed by atoms with Gasteiger partial charge in [-0.2, -0.15) is 0 Å². The second-order valence-electron chi connectivity index (χ2n) is 12.3. The summed E-state index contributed by atoms with van der Waals surface area (Å²) in [5.41, 5.74) is 2.58. The van der Waals surface area contributed by atoms with Crippen LogP contribution in [0.5, 0.6) is 0 Å². The van der Waals surface area contributed by atoms with Gasteiger partial charge in [0.05, 0.1) is 12.2 Å². The van der Waals surface area contributed by atoms with Gasteiger partial charge in [0.25, 0.3) is 0 Å². The first kappa shape index (κ1) is 28.6. The van der Waals surface area contributed by atoms with Gasteiger partial charge in [0.15, 0.2) is 5.78 Å². The molecule has 2 N–H and O–H groups in total. The largest absolute Gasteiger partial charge is 0.388 e. The standard InChI is InChI=1S/C32H46O4S/c1-5-6-18-37-30(36)32(16-17-32)29(35)14-9-21(2)25-12-13-26-24(8-7-15-31(25,26)4)11-10-23-19-27(33)22(3)28(34)20-23/h9-11,14,21,25-28,33-34H,3,5-8,12-13,15-20H2,1-2,4H3/b14-9+,24-11+/t21-,25-,26+,27-,28-,31-/m1/s1. The molecule has 0 amide bonds. The topological polar surface area (TPSA) is 74.6 Å². The van der Waals surface area contributed by atoms with Gasteiger partial charge in [0.2, 0.25) is 5.12 Å². The van der Waals surface area contributed by atoms with Crippen LogP contribution >= 0.6 is 11.8 Å². The van der Waals surface area contributed by atoms with Gasteiger partial charge in [0.1, 0.15) is 5.41 Å². The van der Waals surface area contributed by atoms with Gasteiger partial charge < -0.3 is 10.2 Å². The van der Waals surface area contributed by atoms with Crippen LogP contribution in [0.1, 0.15) is 91.4 Å². The average molecular weight is 527 g/mol. The second-order valence-corrected chi connectivity index (χ2v) is 13.4. The van der Waals surface area contributed by atoms with E-state index in [0.717, 1.165) is 37.0 Å². The predicted octanol–water partition coefficient (Wildman–Crippen LogP) is 6.73. The Bertz CT molecular complexity index is 971. The van der Waals surface area contributed by atoms with E-state index in [1.54, 1.807) is 6.08 Å². The molecule has 0 heterocycles. The van der Waals surface area contributed by atoms with Gasteiger partial charge in [0, 0.05) is 5.75 Å². The van der Waals surface area contributed by atoms with E-state index in [1.165, 1.54) is 36.6 Å². The molecule has 0 bridgehead atoms. The quantitative estimate of drug-likeness (QED) is 0.151. The Morgan fingerprint density at radius 3 is 2.49 bits per heavy atom. The molecule has 4 aliphatic carbocycles. The van der Waals surface area contributed by atoms with Crippen molar-refractivity contribution >= 4 is 22.7 Å². The Morgan fingerprint density at radius 1 is 1.14 bits per heavy atom. The third kappa shape index (κ3) is 5.94. The van der Waals surface area contributed by atoms with Gasteiger partial charge >= 0.3 is 0 Å². The van der Waals surface area contributed by atoms with Gasteiger partial charge in [-0.05, 0) is 99.0 Å². The number of aliphatic hydroxyl groups excluding tert-OH is 2. The highest BCUT2D eigenvalue weighted by Crippen LogP contribution is 2.59. The Kier molecular flexibility index (Phi) is 9.08. The number of thioether (sulfide) groups is 1. The number of rotatable bonds is 9. The summed E-state index contributed by atoms with van der Waals surface area (Å²) < 4.78 is 0. The molecule has 0 unspecified atom stereocenters. The second kappa shape index (κ2) is 11.8. The van der Waals surface area contributed by atoms with Gasteiger partial charge in [-0.1, -0.05) is 74.9 Å². The number of hydrogen-bond donors (Lipinski definition) is 2. The molecular weight excluding hydrogens is 480 g/mol. The maximum Gasteiger partial charge on any atom is 0.202 e. The number of fused-ring (bicyclic) bond motifs is 1. The Hall–Kier alpha value is -1.43. The fourth-order valence-corrected chi connectivity index (χ4v) is 8.42. The molecule has 0 spiro atoms. The summed E-state index contributed by atoms with van der Waals surface area (Å²) >= 11 is 1.35. The zero-order valence-corrected chi connectivity index (χ0v) is 23.8. The normalized spacial score (nSPS) is 35.0. The van der Waals surface area contributed by atoms with Crippen LogP contribution in [-0.4, -0.2) is 39.1 Å². The van der Waals surface area contributed by atoms with Crippen LogP contribution in [0.2, 0.25) is 0 Å². The summed E-state index contributed by atoms with van der Waals surface area (Å²) in [6.45, 7) is 10.6. The van der Waals surface area contributed by atoms with E-state index in [0.29, 0.717) is 49.0 Å². The SMILES string of the molecule is C=C1[C@H](O)CC(=C/C=C2\CCC[C@]3(C)[C@@H]([C@H](C)/C=C/C(=O)C4(C(=O)SCCCC)CC4)CC[C@@H]23)C[C@H]1O. The van der Waals surface area contributed by atoms with E-state index in [4.69, 9.17) is 0 Å². The number of carbonyl (C=O) groups is 2. The Morgan fingerprint density at radius 2 is 1.84 bits per heavy atom. The molecule has 0 aromatic carbocycles. The lowest BCUT2D eigenvalue weighted by Gasteiger charge is -2.44. The van der Waals surface area contributed by atoms with Crippen LogP contribution in [0, 0.1) is 28.6 Å². The molecule has 4 fully saturated rings. The van der Waals surface area contributed by atoms with Crippen LogP contribution in [-0.2, 0) is 9.59 Å². The summed E-state index contributed by atoms with van der Waals surface area (Å²) in [4.78, 5) is 25.8. The van der Waals surface area contributed by atoms with E-state index in [9.17, 15) is 19.8 Å². The lowest BCUT2D eigenvalue weighted by atomic mass is 9.61. The summed E-state index contributed by atoms with van der Waals surface area (Å²) in [6.07, 6.45) is 17.4. The summed E-state index contributed by atoms with van der Waals surface area (Å²) in [5, 5.41) is 20.5. The molecule has 4 saturated carbocycles. The molecule has 0 radical (unpaired) electrons. The van der Waals surface area contributed by atoms with E-state index < -0.39 is 17.6 Å². The number of aliphatic hydroxyl groups is 2. The highest BCUT2D eigenvalue weighted by molar-refractivity contribution is 8.13. The predicted molar refractivity (Wildman–Crippen MR) is 152 cm³/mol. The molecule has 4 nitrogen and oxygen atoms in total. The molecule has 4 aliphatic rings. The van der Waals surface area contributed by atoms with Crippen molar-refractivity contribution in [1.29, 1.82) is 0 Å². The minimum absolute atomic E-state index is 0.0171. The molecular formula is C32H46O4S. The summed E-state index contributed by atoms with van der Waals surface area (Å²) in [7, 11) is 0. The third-order valence-corrected chi connectivity index (χ3v) is 11.0. The summed E-state index contributed by atoms with van der Waals surface area (Å²) in [6, 6.07) is 0. The minimum atomic E-state index is -0.738. The molecule has 37 heavy (non-hydrogen) atoms. The Labute approximate surface area is 227 Å². The molecule has 4 rings (SSSR count). The maximum absolute atomic E-state index is 13.1. The van der Waals surface area contributed by atoms with Crippen molar-refractivity contribution in [3.8, 4) is 0 Å². The molecule has 0 aromatic rings. The molecule has 204 valence electrons. The van der Waals surface area contributed by atoms with Crippen molar-refractivity contribution in [3.63, 3.8) is 0 Å². The number of carbonyl (C=O) groups excluding carboxylic acids is 2. The fourth-order valence-electron chi connectivity index (χ4n) is 7.22. The van der Waals surface area contributed by atoms with Gasteiger partial charge in [-0.3, -0.25) is 9.59 Å². The molecule has 5 heteroatoms. The Balaban J connectivity index is 1.41. The van der Waals surface area contributed by atoms with Crippen LogP contribution in [0.4, 0.5) is 0 Å². The first-order chi connectivity index (χ1) is 17.6. The maximum atomic E-state index is 13.1. The van der Waals surface area contributed by atoms with Crippen molar-refractivity contribution in [2.24, 2.45) is 28.6 Å². The van der Waals surface area contributed by atoms with E-state index in [1.807, 2.05) is 0 Å². The van der Waals surface area contributed by atoms with Crippen LogP contribution < -0.4 is 0 Å². The summed E-state index contributed by atoms with van der Waals surface area (Å²) in [5.74, 6) is 2.18. The van der Waals surface area contributed by atoms with Crippen molar-refractivity contribution in [2.45, 2.75) is 104 Å². The first-order valence-corrected chi connectivity index (χ1v) is 15.4. The number of allylic oxidation sites excluding steroid dienone is 5. The number of ketones is 1. The van der Waals surface area contributed by atoms with Crippen LogP contribution in [0.15, 0.2) is 47.6 Å². The lowest BCUT2D eigenvalue weighted by Crippen LogP contribution is -2.35. The van der Waals surface area contributed by atoms with Crippen molar-refractivity contribution in [2.75, 3.05) is 5.75 Å². The molecule has 0 saturated heterocycles. The molecule has 0 aromatic heterocycles. The smallest absolute Gasteiger partial charge is 0.202 e. The minimum Gasteiger partial charge on any atom is -0.388 e. The van der Waals surface area contributed by atoms with E-state index in [-0.39, 0.29) is 16.3 Å². The van der Waals surface area contributed by atoms with Gasteiger partial charge in [-0.25, -0.2) is 0 Å². The van der Waals surface area contributed by atoms with Crippen molar-refractivity contribution < 1.29 is 19.8 Å². The van der Waals surface area contributed by atoms with Gasteiger partial charge in [-0.15, -0.1) is 0 Å². The van der Waals surface area contributed by atoms with E-state index in [2.05, 4.69) is 45.6 Å². The van der Waals surface area contributed by atoms with E-state index >= 15 is 0 Å². The monoisotopic (exact) mass is 526 g/mol. The highest BCUT2D eigenvalue weighted by atomic mass is 32.2. The lowest BCUT2D eigenvalue weighted by molar-refractivity contribution is -0.127.